The van der Waals surface area contributed by atoms with Crippen molar-refractivity contribution in [1.82, 2.24) is 0 Å². The molecule has 0 fully saturated rings. The first kappa shape index (κ1) is 13.3. The van der Waals surface area contributed by atoms with Gasteiger partial charge < -0.3 is 4.90 Å². The number of hydrogen-bond acceptors (Lipinski definition) is 3. The molecule has 0 saturated heterocycles. The first-order valence-electron chi connectivity index (χ1n) is 5.62. The molecule has 4 heteroatoms. The number of benzene rings is 1. The van der Waals surface area contributed by atoms with Gasteiger partial charge in [0.1, 0.15) is 0 Å². The number of ketones is 1. The molecule has 1 heterocycles. The maximum absolute atomic E-state index is 12.1. The average Bonchev–Trinajstić information content (AvgIpc) is 2.76. The molecule has 1 aromatic carbocycles. The van der Waals surface area contributed by atoms with Gasteiger partial charge in [-0.2, -0.15) is 0 Å². The lowest BCUT2D eigenvalue weighted by molar-refractivity contribution is 0.100. The molecule has 0 bridgehead atoms. The fourth-order valence-corrected chi connectivity index (χ4v) is 2.96. The number of Topliss-reactive ketones (excluding diaryl/α,β-unsaturated/α-hetero) is 1. The van der Waals surface area contributed by atoms with Crippen LogP contribution in [0, 0.1) is 6.92 Å². The topological polar surface area (TPSA) is 20.3 Å². The molecule has 0 aliphatic carbocycles. The van der Waals surface area contributed by atoms with E-state index in [1.807, 2.05) is 36.2 Å². The molecule has 18 heavy (non-hydrogen) atoms. The van der Waals surface area contributed by atoms with E-state index in [1.165, 1.54) is 16.9 Å². The van der Waals surface area contributed by atoms with Crippen LogP contribution in [0.4, 0.5) is 5.69 Å². The van der Waals surface area contributed by atoms with E-state index < -0.39 is 0 Å². The van der Waals surface area contributed by atoms with Gasteiger partial charge in [0.05, 0.1) is 15.2 Å². The predicted octanol–water partition coefficient (Wildman–Crippen LogP) is 4.14. The van der Waals surface area contributed by atoms with Gasteiger partial charge in [-0.1, -0.05) is 17.7 Å². The lowest BCUT2D eigenvalue weighted by Crippen LogP contribution is -2.25. The zero-order chi connectivity index (χ0) is 13.1. The molecule has 0 aliphatic rings. The van der Waals surface area contributed by atoms with Crippen molar-refractivity contribution in [3.8, 4) is 0 Å². The molecule has 0 atom stereocenters. The summed E-state index contributed by atoms with van der Waals surface area (Å²) in [5.41, 5.74) is 2.28. The first-order chi connectivity index (χ1) is 8.56. The van der Waals surface area contributed by atoms with Crippen LogP contribution in [0.3, 0.4) is 0 Å². The van der Waals surface area contributed by atoms with Crippen LogP contribution >= 0.6 is 27.3 Å². The Morgan fingerprint density at radius 3 is 2.44 bits per heavy atom. The minimum absolute atomic E-state index is 0.147. The second-order valence-electron chi connectivity index (χ2n) is 4.22. The number of hydrogen-bond donors (Lipinski definition) is 0. The molecule has 0 aliphatic heterocycles. The fraction of sp³-hybridized carbons (Fsp3) is 0.214. The zero-order valence-corrected chi connectivity index (χ0v) is 12.7. The van der Waals surface area contributed by atoms with Crippen molar-refractivity contribution in [1.29, 1.82) is 0 Å². The average molecular weight is 324 g/mol. The number of anilines is 1. The Bertz CT molecular complexity index is 547. The molecule has 0 saturated carbocycles. The number of carbonyl (C=O) groups is 1. The Balaban J connectivity index is 2.05. The van der Waals surface area contributed by atoms with Crippen molar-refractivity contribution < 1.29 is 4.79 Å². The van der Waals surface area contributed by atoms with Crippen LogP contribution in [-0.2, 0) is 0 Å². The Morgan fingerprint density at radius 2 is 1.89 bits per heavy atom. The van der Waals surface area contributed by atoms with Crippen LogP contribution in [0.15, 0.2) is 40.2 Å². The fourth-order valence-electron chi connectivity index (χ4n) is 1.65. The van der Waals surface area contributed by atoms with Crippen LogP contribution in [-0.4, -0.2) is 19.4 Å². The maximum atomic E-state index is 12.1. The van der Waals surface area contributed by atoms with Gasteiger partial charge in [-0.15, -0.1) is 11.3 Å². The van der Waals surface area contributed by atoms with Crippen molar-refractivity contribution >= 4 is 38.7 Å². The van der Waals surface area contributed by atoms with Crippen molar-refractivity contribution in [3.63, 3.8) is 0 Å². The number of thiophene rings is 1. The molecule has 94 valence electrons. The predicted molar refractivity (Wildman–Crippen MR) is 80.8 cm³/mol. The molecule has 0 spiro atoms. The van der Waals surface area contributed by atoms with Crippen LogP contribution in [0.25, 0.3) is 0 Å². The Kier molecular flexibility index (Phi) is 4.19. The van der Waals surface area contributed by atoms with Gasteiger partial charge in [0.25, 0.3) is 0 Å². The molecule has 0 N–H and O–H groups in total. The van der Waals surface area contributed by atoms with E-state index in [1.54, 1.807) is 0 Å². The highest BCUT2D eigenvalue weighted by atomic mass is 79.9. The third kappa shape index (κ3) is 3.21. The summed E-state index contributed by atoms with van der Waals surface area (Å²) in [7, 11) is 1.94. The van der Waals surface area contributed by atoms with E-state index in [-0.39, 0.29) is 5.78 Å². The summed E-state index contributed by atoms with van der Waals surface area (Å²) in [6.07, 6.45) is 0. The second-order valence-corrected chi connectivity index (χ2v) is 6.68. The van der Waals surface area contributed by atoms with Crippen LogP contribution < -0.4 is 4.90 Å². The van der Waals surface area contributed by atoms with Crippen LogP contribution in [0.1, 0.15) is 15.2 Å². The normalized spacial score (nSPS) is 10.4. The SMILES string of the molecule is Cc1ccc(N(C)CC(=O)c2ccc(Br)s2)cc1. The zero-order valence-electron chi connectivity index (χ0n) is 10.3. The van der Waals surface area contributed by atoms with Crippen LogP contribution in [0.5, 0.6) is 0 Å². The lowest BCUT2D eigenvalue weighted by Gasteiger charge is -2.18. The van der Waals surface area contributed by atoms with Gasteiger partial charge in [-0.3, -0.25) is 4.79 Å². The summed E-state index contributed by atoms with van der Waals surface area (Å²) in [5.74, 6) is 0.147. The minimum Gasteiger partial charge on any atom is -0.367 e. The first-order valence-corrected chi connectivity index (χ1v) is 7.23. The smallest absolute Gasteiger partial charge is 0.192 e. The largest absolute Gasteiger partial charge is 0.367 e. The molecule has 0 amide bonds. The lowest BCUT2D eigenvalue weighted by atomic mass is 10.2. The maximum Gasteiger partial charge on any atom is 0.192 e. The molecule has 1 aromatic heterocycles. The summed E-state index contributed by atoms with van der Waals surface area (Å²) in [6.45, 7) is 2.45. The third-order valence-corrected chi connectivity index (χ3v) is 4.37. The molecule has 0 radical (unpaired) electrons. The van der Waals surface area contributed by atoms with E-state index in [2.05, 4.69) is 35.0 Å². The van der Waals surface area contributed by atoms with Gasteiger partial charge in [0.15, 0.2) is 5.78 Å². The van der Waals surface area contributed by atoms with Crippen molar-refractivity contribution in [2.75, 3.05) is 18.5 Å². The van der Waals surface area contributed by atoms with Crippen LogP contribution in [0.2, 0.25) is 0 Å². The summed E-state index contributed by atoms with van der Waals surface area (Å²) < 4.78 is 0.990. The van der Waals surface area contributed by atoms with E-state index in [0.29, 0.717) is 6.54 Å². The van der Waals surface area contributed by atoms with Crippen molar-refractivity contribution in [2.45, 2.75) is 6.92 Å². The standard InChI is InChI=1S/C14H14BrNOS/c1-10-3-5-11(6-4-10)16(2)9-12(17)13-7-8-14(15)18-13/h3-8H,9H2,1-2H3. The minimum atomic E-state index is 0.147. The van der Waals surface area contributed by atoms with E-state index >= 15 is 0 Å². The van der Waals surface area contributed by atoms with Gasteiger partial charge in [-0.25, -0.2) is 0 Å². The molecule has 2 aromatic rings. The highest BCUT2D eigenvalue weighted by Crippen LogP contribution is 2.23. The second kappa shape index (κ2) is 5.67. The van der Waals surface area contributed by atoms with E-state index in [9.17, 15) is 4.79 Å². The molecule has 0 unspecified atom stereocenters. The highest BCUT2D eigenvalue weighted by Gasteiger charge is 2.11. The van der Waals surface area contributed by atoms with Gasteiger partial charge in [0.2, 0.25) is 0 Å². The van der Waals surface area contributed by atoms with Gasteiger partial charge in [-0.05, 0) is 47.1 Å². The van der Waals surface area contributed by atoms with Gasteiger partial charge >= 0.3 is 0 Å². The molecule has 2 nitrogen and oxygen atoms in total. The number of aryl methyl sites for hydroxylation is 1. The molecular weight excluding hydrogens is 310 g/mol. The van der Waals surface area contributed by atoms with E-state index in [4.69, 9.17) is 0 Å². The number of halogens is 1. The van der Waals surface area contributed by atoms with Gasteiger partial charge in [0, 0.05) is 12.7 Å². The monoisotopic (exact) mass is 323 g/mol. The summed E-state index contributed by atoms with van der Waals surface area (Å²) >= 11 is 4.85. The van der Waals surface area contributed by atoms with Crippen molar-refractivity contribution in [3.05, 3.63) is 50.6 Å². The Labute approximate surface area is 119 Å². The summed E-state index contributed by atoms with van der Waals surface area (Å²) in [4.78, 5) is 14.8. The summed E-state index contributed by atoms with van der Waals surface area (Å²) in [6, 6.07) is 11.9. The number of rotatable bonds is 4. The third-order valence-electron chi connectivity index (χ3n) is 2.70. The number of nitrogens with zero attached hydrogens (tertiary/aromatic N) is 1. The molecular formula is C14H14BrNOS. The van der Waals surface area contributed by atoms with Crippen molar-refractivity contribution in [2.24, 2.45) is 0 Å². The highest BCUT2D eigenvalue weighted by molar-refractivity contribution is 9.11. The Morgan fingerprint density at radius 1 is 1.22 bits per heavy atom. The number of likely N-dealkylation sites (N-methyl/N-ethyl adjacent to an activating group) is 1. The van der Waals surface area contributed by atoms with E-state index in [0.717, 1.165) is 14.4 Å². The Hall–Kier alpha value is -1.13. The summed E-state index contributed by atoms with van der Waals surface area (Å²) in [5, 5.41) is 0. The molecule has 2 rings (SSSR count). The number of carbonyl (C=O) groups excluding carboxylic acids is 1. The quantitative estimate of drug-likeness (QED) is 0.788.